The zero-order valence-electron chi connectivity index (χ0n) is 9.58. The van der Waals surface area contributed by atoms with Gasteiger partial charge < -0.3 is 10.5 Å². The molecule has 4 heteroatoms. The van der Waals surface area contributed by atoms with E-state index in [1.807, 2.05) is 36.4 Å². The molecule has 2 N–H and O–H groups in total. The zero-order valence-corrected chi connectivity index (χ0v) is 9.58. The van der Waals surface area contributed by atoms with E-state index in [0.717, 1.165) is 16.5 Å². The van der Waals surface area contributed by atoms with Crippen LogP contribution in [-0.2, 0) is 0 Å². The van der Waals surface area contributed by atoms with E-state index in [-0.39, 0.29) is 0 Å². The summed E-state index contributed by atoms with van der Waals surface area (Å²) < 4.78 is 5.67. The molecule has 3 aromatic rings. The summed E-state index contributed by atoms with van der Waals surface area (Å²) in [6, 6.07) is 13.5. The molecule has 0 unspecified atom stereocenters. The maximum absolute atomic E-state index is 5.93. The summed E-state index contributed by atoms with van der Waals surface area (Å²) in [6.45, 7) is 0. The van der Waals surface area contributed by atoms with Crippen molar-refractivity contribution < 1.29 is 4.74 Å². The fraction of sp³-hybridized carbons (Fsp3) is 0. The molecular formula is C14H11N3O. The minimum atomic E-state index is 0.326. The van der Waals surface area contributed by atoms with Crippen LogP contribution < -0.4 is 10.5 Å². The van der Waals surface area contributed by atoms with Gasteiger partial charge in [0.25, 0.3) is 0 Å². The standard InChI is InChI=1S/C14H11N3O/c15-12-6-7-13(11-5-2-1-4-10(11)12)18-14-16-8-3-9-17-14/h1-9H,15H2. The summed E-state index contributed by atoms with van der Waals surface area (Å²) in [5, 5.41) is 1.91. The second kappa shape index (κ2) is 4.33. The molecule has 18 heavy (non-hydrogen) atoms. The zero-order chi connectivity index (χ0) is 12.4. The second-order valence-electron chi connectivity index (χ2n) is 3.83. The van der Waals surface area contributed by atoms with E-state index >= 15 is 0 Å². The van der Waals surface area contributed by atoms with Gasteiger partial charge in [-0.15, -0.1) is 0 Å². The van der Waals surface area contributed by atoms with Crippen molar-refractivity contribution in [2.24, 2.45) is 0 Å². The van der Waals surface area contributed by atoms with E-state index in [4.69, 9.17) is 10.5 Å². The van der Waals surface area contributed by atoms with Crippen LogP contribution in [0.15, 0.2) is 54.9 Å². The molecule has 4 nitrogen and oxygen atoms in total. The second-order valence-corrected chi connectivity index (χ2v) is 3.83. The highest BCUT2D eigenvalue weighted by atomic mass is 16.5. The first-order valence-electron chi connectivity index (χ1n) is 5.57. The Kier molecular flexibility index (Phi) is 2.53. The van der Waals surface area contributed by atoms with Gasteiger partial charge in [0, 0.05) is 28.9 Å². The molecule has 0 atom stereocenters. The van der Waals surface area contributed by atoms with Crippen LogP contribution in [0.4, 0.5) is 5.69 Å². The van der Waals surface area contributed by atoms with Gasteiger partial charge in [-0.05, 0) is 18.2 Å². The Morgan fingerprint density at radius 3 is 2.33 bits per heavy atom. The largest absolute Gasteiger partial charge is 0.424 e. The van der Waals surface area contributed by atoms with Gasteiger partial charge in [0.05, 0.1) is 0 Å². The highest BCUT2D eigenvalue weighted by molar-refractivity contribution is 5.97. The minimum absolute atomic E-state index is 0.326. The lowest BCUT2D eigenvalue weighted by molar-refractivity contribution is 0.446. The summed E-state index contributed by atoms with van der Waals surface area (Å²) in [5.74, 6) is 0.700. The molecule has 0 fully saturated rings. The van der Waals surface area contributed by atoms with Crippen molar-refractivity contribution in [1.82, 2.24) is 9.97 Å². The van der Waals surface area contributed by atoms with Crippen LogP contribution in [0.1, 0.15) is 0 Å². The molecular weight excluding hydrogens is 226 g/mol. The number of fused-ring (bicyclic) bond motifs is 1. The fourth-order valence-corrected chi connectivity index (χ4v) is 1.82. The first kappa shape index (κ1) is 10.5. The number of aromatic nitrogens is 2. The van der Waals surface area contributed by atoms with Crippen molar-refractivity contribution in [3.05, 3.63) is 54.9 Å². The molecule has 1 heterocycles. The van der Waals surface area contributed by atoms with Gasteiger partial charge in [-0.1, -0.05) is 24.3 Å². The van der Waals surface area contributed by atoms with Crippen molar-refractivity contribution in [3.8, 4) is 11.8 Å². The van der Waals surface area contributed by atoms with E-state index in [9.17, 15) is 0 Å². The molecule has 0 aliphatic carbocycles. The van der Waals surface area contributed by atoms with Gasteiger partial charge in [0.15, 0.2) is 0 Å². The normalized spacial score (nSPS) is 10.4. The van der Waals surface area contributed by atoms with Crippen LogP contribution in [0.25, 0.3) is 10.8 Å². The van der Waals surface area contributed by atoms with Gasteiger partial charge in [0.2, 0.25) is 0 Å². The minimum Gasteiger partial charge on any atom is -0.424 e. The first-order chi connectivity index (χ1) is 8.84. The summed E-state index contributed by atoms with van der Waals surface area (Å²) in [6.07, 6.45) is 3.28. The molecule has 0 saturated heterocycles. The predicted octanol–water partition coefficient (Wildman–Crippen LogP) is 3.00. The summed E-state index contributed by atoms with van der Waals surface area (Å²) >= 11 is 0. The Labute approximate surface area is 104 Å². The summed E-state index contributed by atoms with van der Waals surface area (Å²) in [7, 11) is 0. The van der Waals surface area contributed by atoms with Gasteiger partial charge >= 0.3 is 6.01 Å². The molecule has 0 saturated carbocycles. The van der Waals surface area contributed by atoms with E-state index in [1.165, 1.54) is 0 Å². The van der Waals surface area contributed by atoms with Crippen molar-refractivity contribution >= 4 is 16.5 Å². The number of rotatable bonds is 2. The lowest BCUT2D eigenvalue weighted by atomic mass is 10.1. The molecule has 3 rings (SSSR count). The molecule has 0 radical (unpaired) electrons. The summed E-state index contributed by atoms with van der Waals surface area (Å²) in [4.78, 5) is 8.08. The maximum Gasteiger partial charge on any atom is 0.321 e. The highest BCUT2D eigenvalue weighted by Crippen LogP contribution is 2.31. The molecule has 0 amide bonds. The number of anilines is 1. The Morgan fingerprint density at radius 2 is 1.56 bits per heavy atom. The first-order valence-corrected chi connectivity index (χ1v) is 5.57. The number of benzene rings is 2. The molecule has 0 bridgehead atoms. The van der Waals surface area contributed by atoms with Crippen LogP contribution in [-0.4, -0.2) is 9.97 Å². The fourth-order valence-electron chi connectivity index (χ4n) is 1.82. The molecule has 88 valence electrons. The third-order valence-corrected chi connectivity index (χ3v) is 2.66. The lowest BCUT2D eigenvalue weighted by Gasteiger charge is -2.08. The number of hydrogen-bond donors (Lipinski definition) is 1. The van der Waals surface area contributed by atoms with E-state index in [2.05, 4.69) is 9.97 Å². The number of hydrogen-bond acceptors (Lipinski definition) is 4. The van der Waals surface area contributed by atoms with E-state index in [1.54, 1.807) is 18.5 Å². The summed E-state index contributed by atoms with van der Waals surface area (Å²) in [5.41, 5.74) is 6.66. The molecule has 0 spiro atoms. The monoisotopic (exact) mass is 237 g/mol. The van der Waals surface area contributed by atoms with Crippen molar-refractivity contribution in [1.29, 1.82) is 0 Å². The lowest BCUT2D eigenvalue weighted by Crippen LogP contribution is -1.93. The van der Waals surface area contributed by atoms with Crippen LogP contribution in [0.2, 0.25) is 0 Å². The third-order valence-electron chi connectivity index (χ3n) is 2.66. The maximum atomic E-state index is 5.93. The van der Waals surface area contributed by atoms with Crippen LogP contribution in [0.5, 0.6) is 11.8 Å². The average molecular weight is 237 g/mol. The SMILES string of the molecule is Nc1ccc(Oc2ncccn2)c2ccccc12. The Hall–Kier alpha value is -2.62. The number of nitrogens with two attached hydrogens (primary N) is 1. The molecule has 2 aromatic carbocycles. The highest BCUT2D eigenvalue weighted by Gasteiger charge is 2.06. The third kappa shape index (κ3) is 1.84. The van der Waals surface area contributed by atoms with Gasteiger partial charge in [-0.25, -0.2) is 9.97 Å². The Morgan fingerprint density at radius 1 is 0.833 bits per heavy atom. The predicted molar refractivity (Wildman–Crippen MR) is 70.5 cm³/mol. The Bertz CT molecular complexity index is 683. The van der Waals surface area contributed by atoms with Crippen molar-refractivity contribution in [2.45, 2.75) is 0 Å². The van der Waals surface area contributed by atoms with Gasteiger partial charge in [-0.2, -0.15) is 0 Å². The van der Waals surface area contributed by atoms with Gasteiger partial charge in [-0.3, -0.25) is 0 Å². The molecule has 0 aliphatic heterocycles. The topological polar surface area (TPSA) is 61.0 Å². The quantitative estimate of drug-likeness (QED) is 0.696. The van der Waals surface area contributed by atoms with Crippen molar-refractivity contribution in [2.75, 3.05) is 5.73 Å². The van der Waals surface area contributed by atoms with Crippen molar-refractivity contribution in [3.63, 3.8) is 0 Å². The smallest absolute Gasteiger partial charge is 0.321 e. The van der Waals surface area contributed by atoms with E-state index < -0.39 is 0 Å². The van der Waals surface area contributed by atoms with E-state index in [0.29, 0.717) is 11.8 Å². The van der Waals surface area contributed by atoms with Crippen LogP contribution in [0, 0.1) is 0 Å². The van der Waals surface area contributed by atoms with Gasteiger partial charge in [0.1, 0.15) is 5.75 Å². The number of nitrogen functional groups attached to an aromatic ring is 1. The van der Waals surface area contributed by atoms with Crippen LogP contribution in [0.3, 0.4) is 0 Å². The average Bonchev–Trinajstić information content (AvgIpc) is 2.44. The number of nitrogens with zero attached hydrogens (tertiary/aromatic N) is 2. The Balaban J connectivity index is 2.10. The van der Waals surface area contributed by atoms with Crippen LogP contribution >= 0.6 is 0 Å². The molecule has 0 aliphatic rings. The number of ether oxygens (including phenoxy) is 1. The molecule has 1 aromatic heterocycles.